The van der Waals surface area contributed by atoms with Gasteiger partial charge in [0.2, 0.25) is 0 Å². The van der Waals surface area contributed by atoms with E-state index in [0.29, 0.717) is 6.42 Å². The van der Waals surface area contributed by atoms with Crippen LogP contribution in [-0.2, 0) is 19.0 Å². The highest BCUT2D eigenvalue weighted by Crippen LogP contribution is 2.34. The molecular weight excluding hydrogens is 270 g/mol. The van der Waals surface area contributed by atoms with Crippen molar-refractivity contribution >= 4 is 5.97 Å². The summed E-state index contributed by atoms with van der Waals surface area (Å²) in [6, 6.07) is 9.75. The molecule has 2 atom stereocenters. The summed E-state index contributed by atoms with van der Waals surface area (Å²) >= 11 is 0. The van der Waals surface area contributed by atoms with E-state index in [1.807, 2.05) is 37.3 Å². The lowest BCUT2D eigenvalue weighted by molar-refractivity contribution is -0.202. The second-order valence-electron chi connectivity index (χ2n) is 5.13. The van der Waals surface area contributed by atoms with Crippen LogP contribution in [0.4, 0.5) is 0 Å². The fourth-order valence-electron chi connectivity index (χ4n) is 2.42. The van der Waals surface area contributed by atoms with Crippen molar-refractivity contribution in [1.29, 1.82) is 0 Å². The minimum absolute atomic E-state index is 0.145. The van der Waals surface area contributed by atoms with Gasteiger partial charge in [0.15, 0.2) is 5.79 Å². The molecule has 0 saturated heterocycles. The molecule has 0 aromatic heterocycles. The molecule has 1 rings (SSSR count). The van der Waals surface area contributed by atoms with Crippen LogP contribution in [0.25, 0.3) is 0 Å². The number of benzene rings is 1. The zero-order valence-corrected chi connectivity index (χ0v) is 13.2. The third-order valence-electron chi connectivity index (χ3n) is 3.93. The van der Waals surface area contributed by atoms with E-state index in [4.69, 9.17) is 19.9 Å². The Morgan fingerprint density at radius 3 is 2.19 bits per heavy atom. The summed E-state index contributed by atoms with van der Waals surface area (Å²) in [5.41, 5.74) is 6.82. The number of hydrogen-bond acceptors (Lipinski definition) is 5. The molecule has 0 fully saturated rings. The predicted molar refractivity (Wildman–Crippen MR) is 80.8 cm³/mol. The lowest BCUT2D eigenvalue weighted by Gasteiger charge is -2.33. The zero-order valence-electron chi connectivity index (χ0n) is 13.2. The van der Waals surface area contributed by atoms with Gasteiger partial charge in [-0.1, -0.05) is 30.3 Å². The largest absolute Gasteiger partial charge is 0.469 e. The summed E-state index contributed by atoms with van der Waals surface area (Å²) in [5.74, 6) is -1.70. The van der Waals surface area contributed by atoms with Crippen molar-refractivity contribution < 1.29 is 19.0 Å². The van der Waals surface area contributed by atoms with E-state index in [1.54, 1.807) is 14.2 Å². The third-order valence-corrected chi connectivity index (χ3v) is 3.93. The maximum absolute atomic E-state index is 12.0. The van der Waals surface area contributed by atoms with Gasteiger partial charge in [0.25, 0.3) is 0 Å². The minimum atomic E-state index is -0.790. The molecule has 0 spiro atoms. The Balaban J connectivity index is 3.14. The molecule has 0 aliphatic heterocycles. The average Bonchev–Trinajstić information content (AvgIpc) is 2.54. The van der Waals surface area contributed by atoms with Crippen molar-refractivity contribution in [1.82, 2.24) is 0 Å². The standard InChI is InChI=1S/C16H25NO4/c1-16(20-3,21-4)10-13(12-8-6-5-7-9-12)14(11-17)15(18)19-2/h5-9,13-14H,10-11,17H2,1-4H3. The van der Waals surface area contributed by atoms with Crippen LogP contribution in [0.2, 0.25) is 0 Å². The lowest BCUT2D eigenvalue weighted by Crippen LogP contribution is -2.38. The molecule has 5 nitrogen and oxygen atoms in total. The van der Waals surface area contributed by atoms with Crippen LogP contribution < -0.4 is 5.73 Å². The molecule has 0 aliphatic rings. The number of hydrogen-bond donors (Lipinski definition) is 1. The molecule has 2 N–H and O–H groups in total. The van der Waals surface area contributed by atoms with Crippen molar-refractivity contribution in [2.24, 2.45) is 11.7 Å². The Morgan fingerprint density at radius 1 is 1.19 bits per heavy atom. The molecule has 0 radical (unpaired) electrons. The SMILES string of the molecule is COC(=O)C(CN)C(CC(C)(OC)OC)c1ccccc1. The molecule has 118 valence electrons. The van der Waals surface area contributed by atoms with Crippen molar-refractivity contribution in [3.8, 4) is 0 Å². The smallest absolute Gasteiger partial charge is 0.310 e. The van der Waals surface area contributed by atoms with Gasteiger partial charge in [-0.2, -0.15) is 0 Å². The maximum atomic E-state index is 12.0. The zero-order chi connectivity index (χ0) is 15.9. The Hall–Kier alpha value is -1.43. The Morgan fingerprint density at radius 2 is 1.76 bits per heavy atom. The molecule has 1 aromatic rings. The first-order valence-corrected chi connectivity index (χ1v) is 6.94. The van der Waals surface area contributed by atoms with E-state index >= 15 is 0 Å². The Kier molecular flexibility index (Phi) is 6.81. The monoisotopic (exact) mass is 295 g/mol. The van der Waals surface area contributed by atoms with Gasteiger partial charge in [0, 0.05) is 33.1 Å². The first-order valence-electron chi connectivity index (χ1n) is 6.94. The van der Waals surface area contributed by atoms with Gasteiger partial charge in [-0.3, -0.25) is 4.79 Å². The van der Waals surface area contributed by atoms with Gasteiger partial charge in [-0.05, 0) is 12.5 Å². The molecule has 1 aromatic carbocycles. The number of esters is 1. The second-order valence-corrected chi connectivity index (χ2v) is 5.13. The summed E-state index contributed by atoms with van der Waals surface area (Å²) in [7, 11) is 4.54. The third kappa shape index (κ3) is 4.52. The molecule has 0 heterocycles. The van der Waals surface area contributed by atoms with E-state index in [9.17, 15) is 4.79 Å². The molecule has 5 heteroatoms. The summed E-state index contributed by atoms with van der Waals surface area (Å²) in [4.78, 5) is 12.0. The van der Waals surface area contributed by atoms with Crippen LogP contribution in [0.3, 0.4) is 0 Å². The number of rotatable bonds is 8. The summed E-state index contributed by atoms with van der Waals surface area (Å²) in [6.45, 7) is 2.05. The quantitative estimate of drug-likeness (QED) is 0.586. The lowest BCUT2D eigenvalue weighted by atomic mass is 9.81. The number of nitrogens with two attached hydrogens (primary N) is 1. The summed E-state index contributed by atoms with van der Waals surface area (Å²) in [5, 5.41) is 0. The molecule has 0 saturated carbocycles. The summed E-state index contributed by atoms with van der Waals surface area (Å²) in [6.07, 6.45) is 0.501. The maximum Gasteiger partial charge on any atom is 0.310 e. The molecule has 0 bridgehead atoms. The average molecular weight is 295 g/mol. The normalized spacial score (nSPS) is 14.5. The van der Waals surface area contributed by atoms with Crippen molar-refractivity contribution in [3.63, 3.8) is 0 Å². The van der Waals surface area contributed by atoms with Crippen molar-refractivity contribution in [3.05, 3.63) is 35.9 Å². The van der Waals surface area contributed by atoms with Crippen molar-refractivity contribution in [2.75, 3.05) is 27.9 Å². The van der Waals surface area contributed by atoms with E-state index < -0.39 is 11.7 Å². The second kappa shape index (κ2) is 8.12. The number of carbonyl (C=O) groups is 1. The van der Waals surface area contributed by atoms with Gasteiger partial charge >= 0.3 is 5.97 Å². The highest BCUT2D eigenvalue weighted by Gasteiger charge is 2.36. The van der Waals surface area contributed by atoms with E-state index in [-0.39, 0.29) is 18.4 Å². The van der Waals surface area contributed by atoms with Crippen LogP contribution in [0, 0.1) is 5.92 Å². The fraction of sp³-hybridized carbons (Fsp3) is 0.562. The van der Waals surface area contributed by atoms with Crippen LogP contribution in [0.15, 0.2) is 30.3 Å². The molecular formula is C16H25NO4. The topological polar surface area (TPSA) is 70.8 Å². The first kappa shape index (κ1) is 17.6. The van der Waals surface area contributed by atoms with Crippen LogP contribution in [-0.4, -0.2) is 39.6 Å². The van der Waals surface area contributed by atoms with Crippen LogP contribution >= 0.6 is 0 Å². The first-order chi connectivity index (χ1) is 10.0. The molecule has 0 aliphatic carbocycles. The fourth-order valence-corrected chi connectivity index (χ4v) is 2.42. The molecule has 0 amide bonds. The van der Waals surface area contributed by atoms with E-state index in [0.717, 1.165) is 5.56 Å². The van der Waals surface area contributed by atoms with E-state index in [1.165, 1.54) is 7.11 Å². The van der Waals surface area contributed by atoms with Crippen LogP contribution in [0.1, 0.15) is 24.8 Å². The Labute approximate surface area is 126 Å². The highest BCUT2D eigenvalue weighted by atomic mass is 16.7. The predicted octanol–water partition coefficient (Wildman–Crippen LogP) is 1.92. The van der Waals surface area contributed by atoms with Gasteiger partial charge < -0.3 is 19.9 Å². The Bertz CT molecular complexity index is 431. The molecule has 21 heavy (non-hydrogen) atoms. The van der Waals surface area contributed by atoms with Gasteiger partial charge in [0.05, 0.1) is 13.0 Å². The molecule has 2 unspecified atom stereocenters. The van der Waals surface area contributed by atoms with Gasteiger partial charge in [-0.15, -0.1) is 0 Å². The van der Waals surface area contributed by atoms with E-state index in [2.05, 4.69) is 0 Å². The van der Waals surface area contributed by atoms with Crippen molar-refractivity contribution in [2.45, 2.75) is 25.0 Å². The number of ether oxygens (including phenoxy) is 3. The van der Waals surface area contributed by atoms with Gasteiger partial charge in [0.1, 0.15) is 0 Å². The van der Waals surface area contributed by atoms with Crippen LogP contribution in [0.5, 0.6) is 0 Å². The summed E-state index contributed by atoms with van der Waals surface area (Å²) < 4.78 is 15.8. The number of carbonyl (C=O) groups excluding carboxylic acids is 1. The van der Waals surface area contributed by atoms with Gasteiger partial charge in [-0.25, -0.2) is 0 Å². The number of methoxy groups -OCH3 is 3. The highest BCUT2D eigenvalue weighted by molar-refractivity contribution is 5.74. The minimum Gasteiger partial charge on any atom is -0.469 e.